The lowest BCUT2D eigenvalue weighted by atomic mass is 9.85. The smallest absolute Gasteiger partial charge is 0.165 e. The van der Waals surface area contributed by atoms with Crippen molar-refractivity contribution in [3.63, 3.8) is 0 Å². The average Bonchev–Trinajstić information content (AvgIpc) is 2.65. The van der Waals surface area contributed by atoms with Crippen LogP contribution in [0.5, 0.6) is 0 Å². The normalized spacial score (nSPS) is 33.1. The van der Waals surface area contributed by atoms with Gasteiger partial charge in [0.2, 0.25) is 0 Å². The Hall–Kier alpha value is -0.410. The summed E-state index contributed by atoms with van der Waals surface area (Å²) in [4.78, 5) is 11.9. The molecule has 1 heterocycles. The summed E-state index contributed by atoms with van der Waals surface area (Å²) in [5, 5.41) is 0. The summed E-state index contributed by atoms with van der Waals surface area (Å²) in [6.07, 6.45) is 6.18. The molecule has 0 aromatic rings. The molecule has 15 heavy (non-hydrogen) atoms. The fourth-order valence-corrected chi connectivity index (χ4v) is 2.44. The second-order valence-corrected chi connectivity index (χ2v) is 4.71. The van der Waals surface area contributed by atoms with Gasteiger partial charge in [0, 0.05) is 5.92 Å². The molecule has 1 saturated heterocycles. The van der Waals surface area contributed by atoms with Gasteiger partial charge in [-0.1, -0.05) is 19.3 Å². The molecule has 0 spiro atoms. The van der Waals surface area contributed by atoms with Crippen LogP contribution in [0.4, 0.5) is 0 Å². The Morgan fingerprint density at radius 1 is 1.27 bits per heavy atom. The molecular weight excluding hydrogens is 192 g/mol. The number of hydrogen-bond acceptors (Lipinski definition) is 3. The van der Waals surface area contributed by atoms with Crippen LogP contribution < -0.4 is 0 Å². The Kier molecular flexibility index (Phi) is 3.76. The lowest BCUT2D eigenvalue weighted by Gasteiger charge is -2.21. The Bertz CT molecular complexity index is 221. The maximum Gasteiger partial charge on any atom is 0.165 e. The number of ether oxygens (including phenoxy) is 2. The Morgan fingerprint density at radius 3 is 2.60 bits per heavy atom. The van der Waals surface area contributed by atoms with Crippen molar-refractivity contribution in [1.29, 1.82) is 0 Å². The number of carbonyl (C=O) groups excluding carboxylic acids is 1. The zero-order valence-electron chi connectivity index (χ0n) is 9.41. The first kappa shape index (κ1) is 11.1. The van der Waals surface area contributed by atoms with Crippen molar-refractivity contribution in [2.75, 3.05) is 6.61 Å². The van der Waals surface area contributed by atoms with Gasteiger partial charge < -0.3 is 9.47 Å². The molecule has 0 bridgehead atoms. The third-order valence-electron chi connectivity index (χ3n) is 3.33. The summed E-state index contributed by atoms with van der Waals surface area (Å²) in [7, 11) is 0. The lowest BCUT2D eigenvalue weighted by Crippen LogP contribution is -2.23. The van der Waals surface area contributed by atoms with Crippen molar-refractivity contribution < 1.29 is 14.3 Å². The molecule has 3 nitrogen and oxygen atoms in total. The summed E-state index contributed by atoms with van der Waals surface area (Å²) >= 11 is 0. The third kappa shape index (κ3) is 3.02. The van der Waals surface area contributed by atoms with Gasteiger partial charge in [0.15, 0.2) is 6.29 Å². The van der Waals surface area contributed by atoms with Crippen LogP contribution in [-0.4, -0.2) is 24.8 Å². The van der Waals surface area contributed by atoms with E-state index >= 15 is 0 Å². The highest BCUT2D eigenvalue weighted by Crippen LogP contribution is 2.27. The van der Waals surface area contributed by atoms with E-state index in [4.69, 9.17) is 9.47 Å². The molecule has 1 aliphatic carbocycles. The lowest BCUT2D eigenvalue weighted by molar-refractivity contribution is -0.133. The number of hydrogen-bond donors (Lipinski definition) is 0. The first-order chi connectivity index (χ1) is 7.25. The van der Waals surface area contributed by atoms with E-state index in [9.17, 15) is 4.79 Å². The topological polar surface area (TPSA) is 35.5 Å². The minimum absolute atomic E-state index is 0.147. The van der Waals surface area contributed by atoms with E-state index in [1.54, 1.807) is 0 Å². The summed E-state index contributed by atoms with van der Waals surface area (Å²) in [6.45, 7) is 2.60. The fraction of sp³-hybridized carbons (Fsp3) is 0.917. The van der Waals surface area contributed by atoms with E-state index in [1.165, 1.54) is 19.3 Å². The van der Waals surface area contributed by atoms with Gasteiger partial charge in [0.1, 0.15) is 5.78 Å². The number of ketones is 1. The van der Waals surface area contributed by atoms with Crippen molar-refractivity contribution in [2.24, 2.45) is 5.92 Å². The van der Waals surface area contributed by atoms with Gasteiger partial charge in [0.05, 0.1) is 19.1 Å². The van der Waals surface area contributed by atoms with Crippen LogP contribution in [0.3, 0.4) is 0 Å². The highest BCUT2D eigenvalue weighted by Gasteiger charge is 2.28. The molecule has 3 heteroatoms. The molecule has 2 unspecified atom stereocenters. The van der Waals surface area contributed by atoms with Gasteiger partial charge in [-0.15, -0.1) is 0 Å². The Morgan fingerprint density at radius 2 is 2.00 bits per heavy atom. The van der Waals surface area contributed by atoms with Crippen molar-refractivity contribution in [3.8, 4) is 0 Å². The van der Waals surface area contributed by atoms with Crippen molar-refractivity contribution in [2.45, 2.75) is 57.8 Å². The van der Waals surface area contributed by atoms with E-state index in [2.05, 4.69) is 0 Å². The van der Waals surface area contributed by atoms with Gasteiger partial charge in [-0.05, 0) is 19.8 Å². The zero-order chi connectivity index (χ0) is 10.7. The van der Waals surface area contributed by atoms with Gasteiger partial charge in [0.25, 0.3) is 0 Å². The van der Waals surface area contributed by atoms with Crippen LogP contribution in [-0.2, 0) is 14.3 Å². The molecule has 2 fully saturated rings. The molecular formula is C12H20O3. The molecule has 86 valence electrons. The molecule has 2 aliphatic rings. The summed E-state index contributed by atoms with van der Waals surface area (Å²) in [5.74, 6) is 0.621. The standard InChI is InChI=1S/C12H20O3/c1-9-8-14-12(15-9)7-11(13)10-5-3-2-4-6-10/h9-10,12H,2-8H2,1H3. The molecule has 0 N–H and O–H groups in total. The van der Waals surface area contributed by atoms with Crippen LogP contribution in [0.15, 0.2) is 0 Å². The Balaban J connectivity index is 1.76. The first-order valence-corrected chi connectivity index (χ1v) is 6.05. The first-order valence-electron chi connectivity index (χ1n) is 6.05. The maximum atomic E-state index is 11.9. The summed E-state index contributed by atoms with van der Waals surface area (Å²) < 4.78 is 10.9. The second kappa shape index (κ2) is 5.08. The molecule has 0 amide bonds. The van der Waals surface area contributed by atoms with Crippen molar-refractivity contribution >= 4 is 5.78 Å². The maximum absolute atomic E-state index is 11.9. The highest BCUT2D eigenvalue weighted by atomic mass is 16.7. The fourth-order valence-electron chi connectivity index (χ4n) is 2.44. The predicted octanol–water partition coefficient (Wildman–Crippen LogP) is 2.29. The van der Waals surface area contributed by atoms with Crippen LogP contribution in [0.1, 0.15) is 45.4 Å². The van der Waals surface area contributed by atoms with E-state index in [1.807, 2.05) is 6.92 Å². The quantitative estimate of drug-likeness (QED) is 0.720. The molecule has 1 saturated carbocycles. The van der Waals surface area contributed by atoms with Gasteiger partial charge >= 0.3 is 0 Å². The SMILES string of the molecule is CC1COC(CC(=O)C2CCCCC2)O1. The molecule has 0 aromatic carbocycles. The summed E-state index contributed by atoms with van der Waals surface area (Å²) in [6, 6.07) is 0. The molecule has 1 aliphatic heterocycles. The van der Waals surface area contributed by atoms with Crippen LogP contribution in [0, 0.1) is 5.92 Å². The van der Waals surface area contributed by atoms with Gasteiger partial charge in [-0.2, -0.15) is 0 Å². The van der Waals surface area contributed by atoms with E-state index in [0.29, 0.717) is 18.8 Å². The minimum atomic E-state index is -0.269. The minimum Gasteiger partial charge on any atom is -0.349 e. The Labute approximate surface area is 91.1 Å². The summed E-state index contributed by atoms with van der Waals surface area (Å²) in [5.41, 5.74) is 0. The molecule has 2 rings (SSSR count). The predicted molar refractivity (Wildman–Crippen MR) is 56.5 cm³/mol. The molecule has 0 aromatic heterocycles. The van der Waals surface area contributed by atoms with Crippen LogP contribution in [0.25, 0.3) is 0 Å². The zero-order valence-corrected chi connectivity index (χ0v) is 9.41. The average molecular weight is 212 g/mol. The monoisotopic (exact) mass is 212 g/mol. The van der Waals surface area contributed by atoms with Gasteiger partial charge in [-0.3, -0.25) is 4.79 Å². The van der Waals surface area contributed by atoms with Crippen molar-refractivity contribution in [3.05, 3.63) is 0 Å². The third-order valence-corrected chi connectivity index (χ3v) is 3.33. The van der Waals surface area contributed by atoms with E-state index in [-0.39, 0.29) is 18.3 Å². The second-order valence-electron chi connectivity index (χ2n) is 4.71. The number of rotatable bonds is 3. The number of carbonyl (C=O) groups is 1. The molecule has 0 radical (unpaired) electrons. The largest absolute Gasteiger partial charge is 0.349 e. The number of Topliss-reactive ketones (excluding diaryl/α,β-unsaturated/α-hetero) is 1. The van der Waals surface area contributed by atoms with Gasteiger partial charge in [-0.25, -0.2) is 0 Å². The van der Waals surface area contributed by atoms with E-state index in [0.717, 1.165) is 12.8 Å². The van der Waals surface area contributed by atoms with Crippen molar-refractivity contribution in [1.82, 2.24) is 0 Å². The molecule has 2 atom stereocenters. The van der Waals surface area contributed by atoms with Crippen LogP contribution >= 0.6 is 0 Å². The van der Waals surface area contributed by atoms with E-state index < -0.39 is 0 Å². The highest BCUT2D eigenvalue weighted by molar-refractivity contribution is 5.81. The van der Waals surface area contributed by atoms with Crippen LogP contribution in [0.2, 0.25) is 0 Å².